The van der Waals surface area contributed by atoms with E-state index in [0.717, 1.165) is 55.4 Å². The Morgan fingerprint density at radius 1 is 0.980 bits per heavy atom. The Balaban J connectivity index is 1.29. The number of hydrogen-bond acceptors (Lipinski definition) is 5. The quantitative estimate of drug-likeness (QED) is 0.263. The molecule has 2 aliphatic heterocycles. The minimum Gasteiger partial charge on any atom is -0.490 e. The number of amides is 1. The van der Waals surface area contributed by atoms with Crippen LogP contribution in [-0.4, -0.2) is 84.0 Å². The van der Waals surface area contributed by atoms with Crippen LogP contribution in [0, 0.1) is 5.92 Å². The number of likely N-dealkylation sites (tertiary alicyclic amines) is 2. The van der Waals surface area contributed by atoms with Crippen molar-refractivity contribution in [3.8, 4) is 5.75 Å². The molecule has 49 heavy (non-hydrogen) atoms. The van der Waals surface area contributed by atoms with Crippen molar-refractivity contribution in [2.24, 2.45) is 5.92 Å². The van der Waals surface area contributed by atoms with Gasteiger partial charge in [-0.05, 0) is 80.2 Å². The van der Waals surface area contributed by atoms with E-state index < -0.39 is 59.2 Å². The van der Waals surface area contributed by atoms with E-state index in [-0.39, 0.29) is 31.5 Å². The molecule has 7 nitrogen and oxygen atoms in total. The molecule has 6 rings (SSSR count). The zero-order valence-electron chi connectivity index (χ0n) is 28.4. The van der Waals surface area contributed by atoms with Crippen LogP contribution in [0.3, 0.4) is 0 Å². The van der Waals surface area contributed by atoms with Crippen molar-refractivity contribution in [2.45, 2.75) is 113 Å². The summed E-state index contributed by atoms with van der Waals surface area (Å²) in [6, 6.07) is 11.1. The Labute approximate surface area is 285 Å². The van der Waals surface area contributed by atoms with Gasteiger partial charge < -0.3 is 19.5 Å². The van der Waals surface area contributed by atoms with E-state index >= 15 is 4.39 Å². The SMILES string of the molecule is CCc1ccc([C@@H]2CN(C3CCCC3)C[C@@]2(F)C(=O)N2C[C@H](c3ccc(C(F)(F)F)cc3OC3CCC(C(=O)O)CC3)C[C@H]2COC)cc1. The smallest absolute Gasteiger partial charge is 0.416 e. The first kappa shape index (κ1) is 35.6. The molecule has 2 aromatic carbocycles. The van der Waals surface area contributed by atoms with Crippen LogP contribution in [-0.2, 0) is 26.9 Å². The summed E-state index contributed by atoms with van der Waals surface area (Å²) in [4.78, 5) is 29.8. The van der Waals surface area contributed by atoms with Gasteiger partial charge in [-0.1, -0.05) is 50.1 Å². The van der Waals surface area contributed by atoms with Gasteiger partial charge in [-0.3, -0.25) is 14.5 Å². The molecular weight excluding hydrogens is 640 g/mol. The first-order valence-electron chi connectivity index (χ1n) is 17.8. The fraction of sp³-hybridized carbons (Fsp3) is 0.632. The molecule has 4 atom stereocenters. The predicted molar refractivity (Wildman–Crippen MR) is 176 cm³/mol. The number of carboxylic acids is 1. The number of hydrogen-bond donors (Lipinski definition) is 1. The van der Waals surface area contributed by atoms with Crippen molar-refractivity contribution in [3.05, 3.63) is 64.7 Å². The number of nitrogens with zero attached hydrogens (tertiary/aromatic N) is 2. The van der Waals surface area contributed by atoms with Gasteiger partial charge in [0.15, 0.2) is 0 Å². The van der Waals surface area contributed by atoms with Crippen molar-refractivity contribution in [1.82, 2.24) is 9.80 Å². The maximum atomic E-state index is 17.7. The van der Waals surface area contributed by atoms with Crippen LogP contribution < -0.4 is 4.74 Å². The van der Waals surface area contributed by atoms with Gasteiger partial charge in [-0.2, -0.15) is 13.2 Å². The van der Waals surface area contributed by atoms with Crippen LogP contribution in [0.5, 0.6) is 5.75 Å². The Kier molecular flexibility index (Phi) is 10.6. The van der Waals surface area contributed by atoms with Gasteiger partial charge in [0.05, 0.1) is 30.2 Å². The summed E-state index contributed by atoms with van der Waals surface area (Å²) >= 11 is 0. The van der Waals surface area contributed by atoms with Crippen molar-refractivity contribution in [2.75, 3.05) is 33.4 Å². The molecule has 2 heterocycles. The highest BCUT2D eigenvalue weighted by Gasteiger charge is 2.58. The third kappa shape index (κ3) is 7.48. The average Bonchev–Trinajstić information content (AvgIpc) is 3.84. The summed E-state index contributed by atoms with van der Waals surface area (Å²) in [6.07, 6.45) is 1.96. The highest BCUT2D eigenvalue weighted by Crippen LogP contribution is 2.47. The maximum Gasteiger partial charge on any atom is 0.416 e. The second-order valence-electron chi connectivity index (χ2n) is 14.6. The molecule has 2 saturated heterocycles. The number of carbonyl (C=O) groups is 2. The van der Waals surface area contributed by atoms with E-state index in [4.69, 9.17) is 9.47 Å². The maximum absolute atomic E-state index is 17.7. The van der Waals surface area contributed by atoms with Crippen molar-refractivity contribution in [3.63, 3.8) is 0 Å². The second kappa shape index (κ2) is 14.6. The number of methoxy groups -OCH3 is 1. The Morgan fingerprint density at radius 2 is 1.67 bits per heavy atom. The van der Waals surface area contributed by atoms with E-state index in [1.165, 1.54) is 13.2 Å². The number of ether oxygens (including phenoxy) is 2. The van der Waals surface area contributed by atoms with Crippen molar-refractivity contribution in [1.29, 1.82) is 0 Å². The normalized spacial score (nSPS) is 29.8. The molecule has 4 aliphatic rings. The van der Waals surface area contributed by atoms with Crippen LogP contribution >= 0.6 is 0 Å². The van der Waals surface area contributed by atoms with E-state index in [1.807, 2.05) is 24.3 Å². The lowest BCUT2D eigenvalue weighted by atomic mass is 9.84. The van der Waals surface area contributed by atoms with Crippen molar-refractivity contribution >= 4 is 11.9 Å². The van der Waals surface area contributed by atoms with E-state index in [0.29, 0.717) is 44.2 Å². The number of rotatable bonds is 10. The van der Waals surface area contributed by atoms with Gasteiger partial charge in [0.1, 0.15) is 5.75 Å². The Morgan fingerprint density at radius 3 is 2.29 bits per heavy atom. The molecule has 268 valence electrons. The van der Waals surface area contributed by atoms with Crippen LogP contribution in [0.4, 0.5) is 17.6 Å². The topological polar surface area (TPSA) is 79.3 Å². The summed E-state index contributed by atoms with van der Waals surface area (Å²) in [7, 11) is 1.52. The third-order valence-corrected chi connectivity index (χ3v) is 11.5. The molecule has 11 heteroatoms. The van der Waals surface area contributed by atoms with Crippen LogP contribution in [0.1, 0.15) is 98.8 Å². The molecule has 0 radical (unpaired) electrons. The number of aryl methyl sites for hydroxylation is 1. The minimum atomic E-state index is -4.59. The number of benzene rings is 2. The Hall–Kier alpha value is -3.18. The van der Waals surface area contributed by atoms with Gasteiger partial charge >= 0.3 is 12.1 Å². The molecule has 2 aliphatic carbocycles. The molecule has 4 fully saturated rings. The highest BCUT2D eigenvalue weighted by molar-refractivity contribution is 5.88. The number of alkyl halides is 4. The number of halogens is 4. The first-order chi connectivity index (χ1) is 23.4. The fourth-order valence-corrected chi connectivity index (χ4v) is 8.71. The van der Waals surface area contributed by atoms with Gasteiger partial charge in [0.2, 0.25) is 5.67 Å². The predicted octanol–water partition coefficient (Wildman–Crippen LogP) is 7.37. The fourth-order valence-electron chi connectivity index (χ4n) is 8.71. The Bertz CT molecular complexity index is 1470. The van der Waals surface area contributed by atoms with Gasteiger partial charge in [0, 0.05) is 44.6 Å². The standard InChI is InChI=1S/C38H48F4N2O5/c1-3-24-8-10-25(11-9-24)33-21-43(29-6-4-5-7-29)23-37(33,39)36(47)44-20-27(18-30(44)22-48-2)32-17-14-28(38(40,41)42)19-34(32)49-31-15-12-26(13-16-31)35(45)46/h8-11,14,17,19,26-27,29-31,33H,3-7,12-13,15-16,18,20-23H2,1-2H3,(H,45,46)/t26?,27-,30+,31?,33+,37+/m1/s1. The first-order valence-corrected chi connectivity index (χ1v) is 17.8. The summed E-state index contributed by atoms with van der Waals surface area (Å²) in [5, 5.41) is 9.40. The molecule has 2 aromatic rings. The van der Waals surface area contributed by atoms with Crippen LogP contribution in [0.2, 0.25) is 0 Å². The van der Waals surface area contributed by atoms with E-state index in [1.54, 1.807) is 4.90 Å². The molecule has 1 amide bonds. The molecule has 0 aromatic heterocycles. The molecule has 0 bridgehead atoms. The third-order valence-electron chi connectivity index (χ3n) is 11.5. The highest BCUT2D eigenvalue weighted by atomic mass is 19.4. The molecule has 1 N–H and O–H groups in total. The second-order valence-corrected chi connectivity index (χ2v) is 14.6. The van der Waals surface area contributed by atoms with Gasteiger partial charge in [-0.15, -0.1) is 0 Å². The summed E-state index contributed by atoms with van der Waals surface area (Å²) in [5.41, 5.74) is -0.564. The van der Waals surface area contributed by atoms with Gasteiger partial charge in [0.25, 0.3) is 5.91 Å². The molecular formula is C38H48F4N2O5. The number of carbonyl (C=O) groups excluding carboxylic acids is 1. The number of aliphatic carboxylic acids is 1. The van der Waals surface area contributed by atoms with Crippen molar-refractivity contribution < 1.29 is 41.7 Å². The summed E-state index contributed by atoms with van der Waals surface area (Å²) < 4.78 is 71.1. The lowest BCUT2D eigenvalue weighted by Crippen LogP contribution is -2.53. The summed E-state index contributed by atoms with van der Waals surface area (Å²) in [6.45, 7) is 2.80. The monoisotopic (exact) mass is 688 g/mol. The largest absolute Gasteiger partial charge is 0.490 e. The van der Waals surface area contributed by atoms with E-state index in [2.05, 4.69) is 11.8 Å². The minimum absolute atomic E-state index is 0.00518. The summed E-state index contributed by atoms with van der Waals surface area (Å²) in [5.74, 6) is -2.94. The van der Waals surface area contributed by atoms with Crippen LogP contribution in [0.25, 0.3) is 0 Å². The van der Waals surface area contributed by atoms with E-state index in [9.17, 15) is 27.9 Å². The molecule has 0 unspecified atom stereocenters. The van der Waals surface area contributed by atoms with Crippen LogP contribution in [0.15, 0.2) is 42.5 Å². The zero-order chi connectivity index (χ0) is 34.9. The average molecular weight is 689 g/mol. The molecule has 2 saturated carbocycles. The van der Waals surface area contributed by atoms with Gasteiger partial charge in [-0.25, -0.2) is 4.39 Å². The zero-order valence-corrected chi connectivity index (χ0v) is 28.4. The lowest BCUT2D eigenvalue weighted by Gasteiger charge is -2.34. The molecule has 0 spiro atoms. The lowest BCUT2D eigenvalue weighted by molar-refractivity contribution is -0.146. The number of carboxylic acid groups (broad SMARTS) is 1.